The summed E-state index contributed by atoms with van der Waals surface area (Å²) in [6.45, 7) is -0.0275. The van der Waals surface area contributed by atoms with Crippen molar-refractivity contribution < 1.29 is 14.1 Å². The minimum atomic E-state index is -0.437. The van der Waals surface area contributed by atoms with Crippen LogP contribution in [0.4, 0.5) is 0 Å². The molecule has 0 unspecified atom stereocenters. The molecule has 1 aromatic heterocycles. The van der Waals surface area contributed by atoms with E-state index in [1.165, 1.54) is 25.7 Å². The predicted molar refractivity (Wildman–Crippen MR) is 116 cm³/mol. The van der Waals surface area contributed by atoms with E-state index >= 15 is 0 Å². The zero-order valence-corrected chi connectivity index (χ0v) is 17.7. The Bertz CT molecular complexity index is 1100. The molecule has 152 valence electrons. The maximum absolute atomic E-state index is 12.3. The van der Waals surface area contributed by atoms with Crippen LogP contribution in [0.2, 0.25) is 10.0 Å². The maximum Gasteiger partial charge on any atom is 0.338 e. The van der Waals surface area contributed by atoms with E-state index in [1.54, 1.807) is 36.4 Å². The van der Waals surface area contributed by atoms with Crippen LogP contribution in [-0.2, 0) is 11.3 Å². The molecule has 0 amide bonds. The zero-order chi connectivity index (χ0) is 20.9. The quantitative estimate of drug-likeness (QED) is 0.341. The second-order valence-electron chi connectivity index (χ2n) is 7.21. The van der Waals surface area contributed by atoms with Gasteiger partial charge in [0.25, 0.3) is 0 Å². The van der Waals surface area contributed by atoms with Crippen LogP contribution in [0.1, 0.15) is 47.4 Å². The molecular weight excluding hydrogens is 421 g/mol. The summed E-state index contributed by atoms with van der Waals surface area (Å²) in [5.41, 5.74) is 2.60. The molecule has 4 nitrogen and oxygen atoms in total. The van der Waals surface area contributed by atoms with E-state index in [9.17, 15) is 4.79 Å². The van der Waals surface area contributed by atoms with Gasteiger partial charge in [0.1, 0.15) is 5.69 Å². The van der Waals surface area contributed by atoms with Crippen LogP contribution in [0.25, 0.3) is 11.3 Å². The lowest BCUT2D eigenvalue weighted by Gasteiger charge is -2.02. The molecule has 6 heteroatoms. The highest BCUT2D eigenvalue weighted by Crippen LogP contribution is 2.30. The Hall–Kier alpha value is -2.74. The highest BCUT2D eigenvalue weighted by atomic mass is 35.5. The van der Waals surface area contributed by atoms with E-state index in [0.29, 0.717) is 38.5 Å². The van der Waals surface area contributed by atoms with Crippen molar-refractivity contribution in [1.82, 2.24) is 5.16 Å². The molecule has 1 aliphatic carbocycles. The van der Waals surface area contributed by atoms with Crippen molar-refractivity contribution in [2.75, 3.05) is 0 Å². The standard InChI is InChI=1S/C24H19Cl2NO3/c25-19-11-12-21(22(26)13-19)23-14-20(30-27-23)15-29-24(28)18-9-7-17(8-10-18)6-5-16-3-1-2-4-16/h7-14,16H,1-4,15H2. The van der Waals surface area contributed by atoms with Crippen molar-refractivity contribution >= 4 is 29.2 Å². The Balaban J connectivity index is 1.35. The molecule has 0 aliphatic heterocycles. The molecule has 0 N–H and O–H groups in total. The molecule has 30 heavy (non-hydrogen) atoms. The molecule has 0 atom stereocenters. The number of aromatic nitrogens is 1. The fourth-order valence-corrected chi connectivity index (χ4v) is 3.88. The Kier molecular flexibility index (Phi) is 6.42. The number of carbonyl (C=O) groups excluding carboxylic acids is 1. The van der Waals surface area contributed by atoms with E-state index in [1.807, 2.05) is 12.1 Å². The number of hydrogen-bond acceptors (Lipinski definition) is 4. The van der Waals surface area contributed by atoms with Crippen LogP contribution in [0.15, 0.2) is 53.1 Å². The summed E-state index contributed by atoms with van der Waals surface area (Å²) in [7, 11) is 0. The zero-order valence-electron chi connectivity index (χ0n) is 16.2. The van der Waals surface area contributed by atoms with Gasteiger partial charge in [-0.3, -0.25) is 0 Å². The third-order valence-electron chi connectivity index (χ3n) is 5.01. The van der Waals surface area contributed by atoms with Gasteiger partial charge >= 0.3 is 5.97 Å². The summed E-state index contributed by atoms with van der Waals surface area (Å²) < 4.78 is 10.6. The van der Waals surface area contributed by atoms with E-state index in [4.69, 9.17) is 32.5 Å². The van der Waals surface area contributed by atoms with Crippen molar-refractivity contribution in [2.24, 2.45) is 5.92 Å². The molecule has 0 saturated heterocycles. The predicted octanol–water partition coefficient (Wildman–Crippen LogP) is 6.55. The van der Waals surface area contributed by atoms with Gasteiger partial charge in [0, 0.05) is 28.1 Å². The van der Waals surface area contributed by atoms with Crippen molar-refractivity contribution in [3.05, 3.63) is 75.5 Å². The Morgan fingerprint density at radius 3 is 2.60 bits per heavy atom. The monoisotopic (exact) mass is 439 g/mol. The Morgan fingerprint density at radius 2 is 1.87 bits per heavy atom. The van der Waals surface area contributed by atoms with Crippen LogP contribution in [0, 0.1) is 17.8 Å². The Labute approximate surface area is 185 Å². The van der Waals surface area contributed by atoms with Gasteiger partial charge in [0.05, 0.1) is 10.6 Å². The largest absolute Gasteiger partial charge is 0.454 e. The molecule has 1 heterocycles. The van der Waals surface area contributed by atoms with E-state index in [-0.39, 0.29) is 6.61 Å². The molecule has 1 fully saturated rings. The number of rotatable bonds is 4. The van der Waals surface area contributed by atoms with Crippen molar-refractivity contribution in [1.29, 1.82) is 0 Å². The first-order chi connectivity index (χ1) is 14.6. The first-order valence-electron chi connectivity index (χ1n) is 9.78. The lowest BCUT2D eigenvalue weighted by molar-refractivity contribution is 0.0437. The highest BCUT2D eigenvalue weighted by Gasteiger charge is 2.14. The van der Waals surface area contributed by atoms with Gasteiger partial charge in [-0.05, 0) is 55.3 Å². The van der Waals surface area contributed by atoms with Crippen LogP contribution in [0.5, 0.6) is 0 Å². The van der Waals surface area contributed by atoms with Gasteiger partial charge in [-0.1, -0.05) is 53.0 Å². The summed E-state index contributed by atoms with van der Waals surface area (Å²) in [4.78, 5) is 12.3. The number of hydrogen-bond donors (Lipinski definition) is 0. The molecule has 1 saturated carbocycles. The molecular formula is C24H19Cl2NO3. The first kappa shape index (κ1) is 20.5. The van der Waals surface area contributed by atoms with Gasteiger partial charge in [0.2, 0.25) is 0 Å². The van der Waals surface area contributed by atoms with Crippen molar-refractivity contribution in [3.63, 3.8) is 0 Å². The number of halogens is 2. The molecule has 1 aliphatic rings. The minimum Gasteiger partial charge on any atom is -0.454 e. The highest BCUT2D eigenvalue weighted by molar-refractivity contribution is 6.36. The summed E-state index contributed by atoms with van der Waals surface area (Å²) in [6, 6.07) is 13.9. The summed E-state index contributed by atoms with van der Waals surface area (Å²) in [5, 5.41) is 4.99. The topological polar surface area (TPSA) is 52.3 Å². The molecule has 3 aromatic rings. The van der Waals surface area contributed by atoms with Crippen LogP contribution >= 0.6 is 23.2 Å². The SMILES string of the molecule is O=C(OCc1cc(-c2ccc(Cl)cc2Cl)no1)c1ccc(C#CC2CCCC2)cc1. The number of ether oxygens (including phenoxy) is 1. The van der Waals surface area contributed by atoms with Gasteiger partial charge in [-0.25, -0.2) is 4.79 Å². The Morgan fingerprint density at radius 1 is 1.10 bits per heavy atom. The van der Waals surface area contributed by atoms with Crippen molar-refractivity contribution in [3.8, 4) is 23.1 Å². The van der Waals surface area contributed by atoms with Gasteiger partial charge < -0.3 is 9.26 Å². The fraction of sp³-hybridized carbons (Fsp3) is 0.250. The maximum atomic E-state index is 12.3. The number of nitrogens with zero attached hydrogens (tertiary/aromatic N) is 1. The average molecular weight is 440 g/mol. The van der Waals surface area contributed by atoms with E-state index in [0.717, 1.165) is 5.56 Å². The average Bonchev–Trinajstić information content (AvgIpc) is 3.43. The van der Waals surface area contributed by atoms with Gasteiger partial charge in [-0.15, -0.1) is 0 Å². The second kappa shape index (κ2) is 9.38. The lowest BCUT2D eigenvalue weighted by atomic mass is 10.1. The molecule has 2 aromatic carbocycles. The summed E-state index contributed by atoms with van der Waals surface area (Å²) in [5.74, 6) is 6.99. The van der Waals surface area contributed by atoms with Crippen LogP contribution < -0.4 is 0 Å². The van der Waals surface area contributed by atoms with Gasteiger partial charge in [0.15, 0.2) is 12.4 Å². The van der Waals surface area contributed by atoms with Crippen molar-refractivity contribution in [2.45, 2.75) is 32.3 Å². The summed E-state index contributed by atoms with van der Waals surface area (Å²) >= 11 is 12.1. The molecule has 0 spiro atoms. The van der Waals surface area contributed by atoms with Gasteiger partial charge in [-0.2, -0.15) is 0 Å². The minimum absolute atomic E-state index is 0.0275. The fourth-order valence-electron chi connectivity index (χ4n) is 3.37. The smallest absolute Gasteiger partial charge is 0.338 e. The number of carbonyl (C=O) groups is 1. The third-order valence-corrected chi connectivity index (χ3v) is 5.56. The summed E-state index contributed by atoms with van der Waals surface area (Å²) in [6.07, 6.45) is 4.91. The lowest BCUT2D eigenvalue weighted by Crippen LogP contribution is -2.04. The molecule has 4 rings (SSSR count). The van der Waals surface area contributed by atoms with E-state index < -0.39 is 5.97 Å². The molecule has 0 bridgehead atoms. The van der Waals surface area contributed by atoms with Crippen LogP contribution in [0.3, 0.4) is 0 Å². The first-order valence-corrected chi connectivity index (χ1v) is 10.5. The third kappa shape index (κ3) is 5.05. The van der Waals surface area contributed by atoms with E-state index in [2.05, 4.69) is 17.0 Å². The number of esters is 1. The van der Waals surface area contributed by atoms with Crippen LogP contribution in [-0.4, -0.2) is 11.1 Å². The molecule has 0 radical (unpaired) electrons. The number of benzene rings is 2. The normalized spacial score (nSPS) is 13.7. The second-order valence-corrected chi connectivity index (χ2v) is 8.05.